The summed E-state index contributed by atoms with van der Waals surface area (Å²) in [6.45, 7) is 0. The van der Waals surface area contributed by atoms with Crippen molar-refractivity contribution in [3.05, 3.63) is 182 Å². The van der Waals surface area contributed by atoms with Gasteiger partial charge in [0.25, 0.3) is 0 Å². The average Bonchev–Trinajstić information content (AvgIpc) is 3.56. The second-order valence-corrected chi connectivity index (χ2v) is 13.8. The maximum atomic E-state index is 8.01. The monoisotopic (exact) mass is 639 g/mol. The highest BCUT2D eigenvalue weighted by Gasteiger charge is 2.18. The van der Waals surface area contributed by atoms with E-state index in [-0.39, 0.29) is 0 Å². The molecule has 9 aromatic carbocycles. The van der Waals surface area contributed by atoms with E-state index < -0.39 is 0 Å². The molecular weight excluding hydrogens is 609 g/mol. The first kappa shape index (κ1) is 27.0. The molecule has 10 rings (SSSR count). The fourth-order valence-corrected chi connectivity index (χ4v) is 8.87. The van der Waals surface area contributed by atoms with E-state index in [1.54, 1.807) is 0 Å². The Kier molecular flexibility index (Phi) is 6.22. The molecule has 0 bridgehead atoms. The quantitative estimate of drug-likeness (QED) is 0.168. The van der Waals surface area contributed by atoms with Gasteiger partial charge >= 0.3 is 0 Å². The third-order valence-corrected chi connectivity index (χ3v) is 11.1. The summed E-state index contributed by atoms with van der Waals surface area (Å²) in [5, 5.41) is 9.91. The van der Waals surface area contributed by atoms with Crippen molar-refractivity contribution in [2.24, 2.45) is 0 Å². The summed E-state index contributed by atoms with van der Waals surface area (Å²) >= 11 is 1.87. The molecule has 1 heterocycles. The molecule has 0 N–H and O–H groups in total. The van der Waals surface area contributed by atoms with Crippen molar-refractivity contribution >= 4 is 63.8 Å². The molecule has 0 spiro atoms. The third kappa shape index (κ3) is 4.58. The topological polar surface area (TPSA) is 0 Å². The molecule has 0 atom stereocenters. The normalized spacial score (nSPS) is 12.0. The number of hydrogen-bond donors (Lipinski definition) is 0. The number of hydrogen-bond acceptors (Lipinski definition) is 1. The first-order valence-electron chi connectivity index (χ1n) is 17.3. The molecule has 0 saturated heterocycles. The number of thiophene rings is 1. The molecule has 0 fully saturated rings. The van der Waals surface area contributed by atoms with Crippen LogP contribution in [0.5, 0.6) is 0 Å². The zero-order valence-electron chi connectivity index (χ0n) is 27.7. The van der Waals surface area contributed by atoms with Gasteiger partial charge in [-0.2, -0.15) is 0 Å². The van der Waals surface area contributed by atoms with Crippen LogP contribution in [0.1, 0.15) is 1.37 Å². The van der Waals surface area contributed by atoms with Crippen molar-refractivity contribution < 1.29 is 1.37 Å². The molecule has 0 unspecified atom stereocenters. The Hall–Kier alpha value is -6.02. The number of rotatable bonds is 4. The Morgan fingerprint density at radius 3 is 1.67 bits per heavy atom. The van der Waals surface area contributed by atoms with Crippen LogP contribution in [-0.4, -0.2) is 0 Å². The van der Waals surface area contributed by atoms with Gasteiger partial charge in [-0.05, 0) is 101 Å². The molecule has 1 heteroatoms. The Labute approximate surface area is 290 Å². The SMILES string of the molecule is [2H]c1ccc2cc(-c3cccc(-c4c5ccccc5c(-c5ccc(-c6cccc7sc8ccccc8c67)cc5)c5ccccc45)c3)ccc2c1. The predicted octanol–water partition coefficient (Wildman–Crippen LogP) is 14.2. The van der Waals surface area contributed by atoms with Gasteiger partial charge in [0, 0.05) is 20.2 Å². The van der Waals surface area contributed by atoms with Gasteiger partial charge in [-0.25, -0.2) is 0 Å². The molecule has 0 nitrogen and oxygen atoms in total. The summed E-state index contributed by atoms with van der Waals surface area (Å²) in [6, 6.07) is 64.2. The first-order chi connectivity index (χ1) is 24.7. The molecule has 0 radical (unpaired) electrons. The molecule has 0 aliphatic rings. The predicted molar refractivity (Wildman–Crippen MR) is 214 cm³/mol. The third-order valence-electron chi connectivity index (χ3n) is 9.99. The van der Waals surface area contributed by atoms with E-state index in [1.807, 2.05) is 29.5 Å². The highest BCUT2D eigenvalue weighted by molar-refractivity contribution is 7.25. The van der Waals surface area contributed by atoms with Crippen LogP contribution < -0.4 is 0 Å². The Bertz CT molecular complexity index is 2870. The minimum atomic E-state index is 0.537. The van der Waals surface area contributed by atoms with E-state index in [0.717, 1.165) is 10.8 Å². The van der Waals surface area contributed by atoms with Gasteiger partial charge in [-0.15, -0.1) is 11.3 Å². The summed E-state index contributed by atoms with van der Waals surface area (Å²) in [4.78, 5) is 0. The molecular formula is C48H30S. The van der Waals surface area contributed by atoms with Crippen molar-refractivity contribution in [1.29, 1.82) is 0 Å². The van der Waals surface area contributed by atoms with Crippen LogP contribution in [0.25, 0.3) is 97.0 Å². The summed E-state index contributed by atoms with van der Waals surface area (Å²) in [5.41, 5.74) is 9.82. The highest BCUT2D eigenvalue weighted by Crippen LogP contribution is 2.45. The van der Waals surface area contributed by atoms with Crippen molar-refractivity contribution in [3.63, 3.8) is 0 Å². The standard InChI is InChI=1S/C48H30S/c1-2-12-34-29-36(28-23-31(34)11-1)35-13-9-14-37(30-35)47-41-17-5-3-15-39(41)46(40-16-4-6-18-42(40)47)33-26-24-32(25-27-33)38-20-10-22-45-48(38)43-19-7-8-21-44(43)49-45/h1-30H/i1D. The van der Waals surface area contributed by atoms with Gasteiger partial charge < -0.3 is 0 Å². The number of benzene rings is 9. The van der Waals surface area contributed by atoms with Crippen LogP contribution in [0.3, 0.4) is 0 Å². The lowest BCUT2D eigenvalue weighted by Crippen LogP contribution is -1.91. The fraction of sp³-hybridized carbons (Fsp3) is 0. The highest BCUT2D eigenvalue weighted by atomic mass is 32.1. The second-order valence-electron chi connectivity index (χ2n) is 12.8. The fourth-order valence-electron chi connectivity index (χ4n) is 7.74. The van der Waals surface area contributed by atoms with E-state index in [9.17, 15) is 0 Å². The van der Waals surface area contributed by atoms with Crippen LogP contribution in [-0.2, 0) is 0 Å². The average molecular weight is 640 g/mol. The lowest BCUT2D eigenvalue weighted by Gasteiger charge is -2.18. The smallest absolute Gasteiger partial charge is 0.0623 e. The zero-order valence-corrected chi connectivity index (χ0v) is 27.5. The van der Waals surface area contributed by atoms with Crippen molar-refractivity contribution in [2.45, 2.75) is 0 Å². The van der Waals surface area contributed by atoms with E-state index in [1.165, 1.54) is 86.2 Å². The Morgan fingerprint density at radius 2 is 0.918 bits per heavy atom. The molecule has 228 valence electrons. The minimum Gasteiger partial charge on any atom is -0.135 e. The van der Waals surface area contributed by atoms with Crippen LogP contribution >= 0.6 is 11.3 Å². The number of fused-ring (bicyclic) bond motifs is 6. The lowest BCUT2D eigenvalue weighted by atomic mass is 9.85. The first-order valence-corrected chi connectivity index (χ1v) is 17.6. The van der Waals surface area contributed by atoms with Crippen molar-refractivity contribution in [1.82, 2.24) is 0 Å². The van der Waals surface area contributed by atoms with Gasteiger partial charge in [-0.3, -0.25) is 0 Å². The molecule has 0 aliphatic heterocycles. The lowest BCUT2D eigenvalue weighted by molar-refractivity contribution is 1.62. The zero-order chi connectivity index (χ0) is 33.2. The Balaban J connectivity index is 1.13. The molecule has 0 saturated carbocycles. The van der Waals surface area contributed by atoms with E-state index in [0.29, 0.717) is 6.04 Å². The van der Waals surface area contributed by atoms with Crippen LogP contribution in [0.15, 0.2) is 182 Å². The van der Waals surface area contributed by atoms with Gasteiger partial charge in [0.2, 0.25) is 0 Å². The van der Waals surface area contributed by atoms with E-state index >= 15 is 0 Å². The summed E-state index contributed by atoms with van der Waals surface area (Å²) in [5.74, 6) is 0. The Morgan fingerprint density at radius 1 is 0.347 bits per heavy atom. The van der Waals surface area contributed by atoms with Gasteiger partial charge in [0.05, 0.1) is 1.37 Å². The minimum absolute atomic E-state index is 0.537. The van der Waals surface area contributed by atoms with Crippen molar-refractivity contribution in [2.75, 3.05) is 0 Å². The molecule has 1 aromatic heterocycles. The van der Waals surface area contributed by atoms with Crippen LogP contribution in [0.2, 0.25) is 0 Å². The van der Waals surface area contributed by atoms with Crippen LogP contribution in [0, 0.1) is 0 Å². The summed E-state index contributed by atoms with van der Waals surface area (Å²) in [7, 11) is 0. The van der Waals surface area contributed by atoms with E-state index in [4.69, 9.17) is 1.37 Å². The molecule has 49 heavy (non-hydrogen) atoms. The molecule has 0 aliphatic carbocycles. The van der Waals surface area contributed by atoms with Gasteiger partial charge in [0.1, 0.15) is 0 Å². The summed E-state index contributed by atoms with van der Waals surface area (Å²) in [6.07, 6.45) is 0. The van der Waals surface area contributed by atoms with Gasteiger partial charge in [0.15, 0.2) is 0 Å². The maximum Gasteiger partial charge on any atom is 0.0623 e. The molecule has 0 amide bonds. The largest absolute Gasteiger partial charge is 0.135 e. The maximum absolute atomic E-state index is 8.01. The van der Waals surface area contributed by atoms with Gasteiger partial charge in [-0.1, -0.05) is 158 Å². The second kappa shape index (κ2) is 11.3. The van der Waals surface area contributed by atoms with Crippen LogP contribution in [0.4, 0.5) is 0 Å². The molecule has 10 aromatic rings. The van der Waals surface area contributed by atoms with Crippen molar-refractivity contribution in [3.8, 4) is 44.5 Å². The summed E-state index contributed by atoms with van der Waals surface area (Å²) < 4.78 is 10.7. The van der Waals surface area contributed by atoms with E-state index in [2.05, 4.69) is 158 Å².